The Morgan fingerprint density at radius 3 is 2.80 bits per heavy atom. The summed E-state index contributed by atoms with van der Waals surface area (Å²) in [6, 6.07) is 13.6. The van der Waals surface area contributed by atoms with Crippen LogP contribution in [0.15, 0.2) is 47.4 Å². The van der Waals surface area contributed by atoms with Crippen LogP contribution >= 0.6 is 11.8 Å². The molecule has 0 bridgehead atoms. The maximum Gasteiger partial charge on any atom is 0.253 e. The normalized spacial score (nSPS) is 17.4. The van der Waals surface area contributed by atoms with Crippen molar-refractivity contribution in [2.24, 2.45) is 5.92 Å². The van der Waals surface area contributed by atoms with Gasteiger partial charge < -0.3 is 9.64 Å². The minimum absolute atomic E-state index is 0.117. The van der Waals surface area contributed by atoms with Crippen LogP contribution in [0.4, 0.5) is 0 Å². The van der Waals surface area contributed by atoms with Crippen LogP contribution in [0.5, 0.6) is 5.88 Å². The number of hydrogen-bond acceptors (Lipinski definition) is 4. The summed E-state index contributed by atoms with van der Waals surface area (Å²) in [6.45, 7) is 4.12. The largest absolute Gasteiger partial charge is 0.477 e. The van der Waals surface area contributed by atoms with E-state index < -0.39 is 0 Å². The molecule has 1 unspecified atom stereocenters. The Hall–Kier alpha value is -2.01. The van der Waals surface area contributed by atoms with Gasteiger partial charge in [0.05, 0.1) is 6.61 Å². The molecular weight excluding hydrogens is 332 g/mol. The van der Waals surface area contributed by atoms with E-state index in [1.807, 2.05) is 60.5 Å². The van der Waals surface area contributed by atoms with Gasteiger partial charge in [0, 0.05) is 41.2 Å². The van der Waals surface area contributed by atoms with Gasteiger partial charge in [-0.25, -0.2) is 4.98 Å². The van der Waals surface area contributed by atoms with Crippen LogP contribution in [0.3, 0.4) is 0 Å². The number of piperidine rings is 1. The van der Waals surface area contributed by atoms with Gasteiger partial charge in [0.25, 0.3) is 5.91 Å². The van der Waals surface area contributed by atoms with E-state index in [1.54, 1.807) is 11.8 Å². The highest BCUT2D eigenvalue weighted by Gasteiger charge is 2.25. The van der Waals surface area contributed by atoms with Crippen LogP contribution in [0, 0.1) is 12.8 Å². The second-order valence-electron chi connectivity index (χ2n) is 6.42. The van der Waals surface area contributed by atoms with Gasteiger partial charge in [-0.3, -0.25) is 4.79 Å². The molecule has 1 aliphatic heterocycles. The number of amides is 1. The first-order valence-electron chi connectivity index (χ1n) is 8.65. The molecule has 3 rings (SSSR count). The van der Waals surface area contributed by atoms with Crippen molar-refractivity contribution in [2.45, 2.75) is 24.7 Å². The highest BCUT2D eigenvalue weighted by Crippen LogP contribution is 2.21. The van der Waals surface area contributed by atoms with Crippen molar-refractivity contribution in [3.05, 3.63) is 53.7 Å². The predicted octanol–water partition coefficient (Wildman–Crippen LogP) is 4.04. The third kappa shape index (κ3) is 4.75. The summed E-state index contributed by atoms with van der Waals surface area (Å²) in [5.74, 6) is 1.13. The Morgan fingerprint density at radius 2 is 2.08 bits per heavy atom. The molecule has 1 fully saturated rings. The average Bonchev–Trinajstić information content (AvgIpc) is 2.66. The Bertz CT molecular complexity index is 718. The summed E-state index contributed by atoms with van der Waals surface area (Å²) >= 11 is 1.68. The van der Waals surface area contributed by atoms with E-state index in [-0.39, 0.29) is 5.91 Å². The molecule has 1 amide bonds. The van der Waals surface area contributed by atoms with E-state index in [1.165, 1.54) is 4.90 Å². The minimum Gasteiger partial charge on any atom is -0.477 e. The van der Waals surface area contributed by atoms with E-state index in [0.717, 1.165) is 37.2 Å². The quantitative estimate of drug-likeness (QED) is 0.758. The minimum atomic E-state index is 0.117. The Balaban J connectivity index is 1.57. The Morgan fingerprint density at radius 1 is 1.28 bits per heavy atom. The molecule has 25 heavy (non-hydrogen) atoms. The molecule has 1 atom stereocenters. The molecule has 1 aliphatic rings. The van der Waals surface area contributed by atoms with E-state index in [0.29, 0.717) is 18.4 Å². The lowest BCUT2D eigenvalue weighted by Gasteiger charge is -2.32. The number of benzene rings is 1. The highest BCUT2D eigenvalue weighted by atomic mass is 32.2. The molecule has 0 N–H and O–H groups in total. The summed E-state index contributed by atoms with van der Waals surface area (Å²) in [5, 5.41) is 0. The van der Waals surface area contributed by atoms with Crippen molar-refractivity contribution in [3.8, 4) is 5.88 Å². The summed E-state index contributed by atoms with van der Waals surface area (Å²) in [4.78, 5) is 20.2. The monoisotopic (exact) mass is 356 g/mol. The third-order valence-corrected chi connectivity index (χ3v) is 5.22. The maximum atomic E-state index is 12.7. The van der Waals surface area contributed by atoms with Crippen LogP contribution in [0.1, 0.15) is 28.9 Å². The molecule has 132 valence electrons. The number of aryl methyl sites for hydroxylation is 1. The van der Waals surface area contributed by atoms with Crippen molar-refractivity contribution < 1.29 is 9.53 Å². The zero-order valence-electron chi connectivity index (χ0n) is 14.8. The zero-order valence-corrected chi connectivity index (χ0v) is 15.6. The first kappa shape index (κ1) is 17.8. The number of ether oxygens (including phenoxy) is 1. The fraction of sp³-hybridized carbons (Fsp3) is 0.400. The van der Waals surface area contributed by atoms with E-state index in [9.17, 15) is 4.79 Å². The number of hydrogen-bond donors (Lipinski definition) is 0. The van der Waals surface area contributed by atoms with Crippen LogP contribution in [0.25, 0.3) is 0 Å². The molecule has 1 saturated heterocycles. The topological polar surface area (TPSA) is 42.4 Å². The number of likely N-dealkylation sites (tertiary alicyclic amines) is 1. The van der Waals surface area contributed by atoms with Gasteiger partial charge in [0.2, 0.25) is 5.88 Å². The van der Waals surface area contributed by atoms with Crippen molar-refractivity contribution in [1.82, 2.24) is 9.88 Å². The first-order chi connectivity index (χ1) is 12.2. The van der Waals surface area contributed by atoms with Crippen LogP contribution in [-0.4, -0.2) is 41.7 Å². The standard InChI is InChI=1S/C20H24N2O2S/c1-15-5-3-7-19(21-15)24-14-16-6-4-12-22(13-16)20(23)17-8-10-18(25-2)11-9-17/h3,5,7-11,16H,4,6,12-14H2,1-2H3. The number of carbonyl (C=O) groups excluding carboxylic acids is 1. The molecule has 0 spiro atoms. The molecule has 5 heteroatoms. The van der Waals surface area contributed by atoms with Gasteiger partial charge in [-0.15, -0.1) is 11.8 Å². The van der Waals surface area contributed by atoms with Gasteiger partial charge in [-0.1, -0.05) is 6.07 Å². The Labute approximate surface area is 153 Å². The van der Waals surface area contributed by atoms with Crippen LogP contribution in [0.2, 0.25) is 0 Å². The maximum absolute atomic E-state index is 12.7. The second-order valence-corrected chi connectivity index (χ2v) is 7.30. The molecule has 2 heterocycles. The fourth-order valence-corrected chi connectivity index (χ4v) is 3.51. The van der Waals surface area contributed by atoms with E-state index >= 15 is 0 Å². The van der Waals surface area contributed by atoms with Gasteiger partial charge in [-0.2, -0.15) is 0 Å². The van der Waals surface area contributed by atoms with Crippen molar-refractivity contribution in [3.63, 3.8) is 0 Å². The van der Waals surface area contributed by atoms with Crippen molar-refractivity contribution >= 4 is 17.7 Å². The van der Waals surface area contributed by atoms with E-state index in [4.69, 9.17) is 4.74 Å². The molecule has 1 aromatic heterocycles. The van der Waals surface area contributed by atoms with Crippen LogP contribution < -0.4 is 4.74 Å². The zero-order chi connectivity index (χ0) is 17.6. The Kier molecular flexibility index (Phi) is 5.97. The molecule has 0 radical (unpaired) electrons. The molecular formula is C20H24N2O2S. The highest BCUT2D eigenvalue weighted by molar-refractivity contribution is 7.98. The SMILES string of the molecule is CSc1ccc(C(=O)N2CCCC(COc3cccc(C)n3)C2)cc1. The lowest BCUT2D eigenvalue weighted by Crippen LogP contribution is -2.41. The lowest BCUT2D eigenvalue weighted by molar-refractivity contribution is 0.0631. The molecule has 0 aliphatic carbocycles. The lowest BCUT2D eigenvalue weighted by atomic mass is 9.98. The summed E-state index contributed by atoms with van der Waals surface area (Å²) in [5.41, 5.74) is 1.71. The number of nitrogens with zero attached hydrogens (tertiary/aromatic N) is 2. The van der Waals surface area contributed by atoms with Gasteiger partial charge in [-0.05, 0) is 56.4 Å². The van der Waals surface area contributed by atoms with Crippen molar-refractivity contribution in [2.75, 3.05) is 26.0 Å². The third-order valence-electron chi connectivity index (χ3n) is 4.47. The molecule has 2 aromatic rings. The molecule has 4 nitrogen and oxygen atoms in total. The van der Waals surface area contributed by atoms with Gasteiger partial charge in [0.1, 0.15) is 0 Å². The average molecular weight is 356 g/mol. The summed E-state index contributed by atoms with van der Waals surface area (Å²) < 4.78 is 5.84. The smallest absolute Gasteiger partial charge is 0.253 e. The van der Waals surface area contributed by atoms with Gasteiger partial charge >= 0.3 is 0 Å². The fourth-order valence-electron chi connectivity index (χ4n) is 3.10. The molecule has 1 aromatic carbocycles. The first-order valence-corrected chi connectivity index (χ1v) is 9.88. The van der Waals surface area contributed by atoms with Gasteiger partial charge in [0.15, 0.2) is 0 Å². The van der Waals surface area contributed by atoms with Crippen molar-refractivity contribution in [1.29, 1.82) is 0 Å². The second kappa shape index (κ2) is 8.39. The number of rotatable bonds is 5. The number of aromatic nitrogens is 1. The molecule has 0 saturated carbocycles. The number of thioether (sulfide) groups is 1. The number of carbonyl (C=O) groups is 1. The predicted molar refractivity (Wildman–Crippen MR) is 101 cm³/mol. The summed E-state index contributed by atoms with van der Waals surface area (Å²) in [7, 11) is 0. The van der Waals surface area contributed by atoms with E-state index in [2.05, 4.69) is 4.98 Å². The summed E-state index contributed by atoms with van der Waals surface area (Å²) in [6.07, 6.45) is 4.14. The van der Waals surface area contributed by atoms with Crippen LogP contribution in [-0.2, 0) is 0 Å². The number of pyridine rings is 1.